The van der Waals surface area contributed by atoms with Crippen LogP contribution in [0.1, 0.15) is 16.8 Å². The van der Waals surface area contributed by atoms with Crippen molar-refractivity contribution in [2.24, 2.45) is 7.05 Å². The van der Waals surface area contributed by atoms with Gasteiger partial charge < -0.3 is 4.57 Å². The molecule has 0 saturated heterocycles. The maximum atomic E-state index is 5.04. The summed E-state index contributed by atoms with van der Waals surface area (Å²) in [5.41, 5.74) is 7.16. The van der Waals surface area contributed by atoms with Crippen LogP contribution in [0.2, 0.25) is 0 Å². The van der Waals surface area contributed by atoms with Crippen LogP contribution in [0.25, 0.3) is 22.6 Å². The summed E-state index contributed by atoms with van der Waals surface area (Å²) in [6.45, 7) is 2.11. The zero-order valence-electron chi connectivity index (χ0n) is 15.2. The van der Waals surface area contributed by atoms with Crippen molar-refractivity contribution in [3.05, 3.63) is 102 Å². The van der Waals surface area contributed by atoms with Crippen molar-refractivity contribution < 1.29 is 0 Å². The Morgan fingerprint density at radius 1 is 0.731 bits per heavy atom. The van der Waals surface area contributed by atoms with Crippen LogP contribution in [0, 0.1) is 6.92 Å². The summed E-state index contributed by atoms with van der Waals surface area (Å²) >= 11 is 0. The van der Waals surface area contributed by atoms with Gasteiger partial charge in [0.1, 0.15) is 5.82 Å². The molecule has 4 aromatic rings. The van der Waals surface area contributed by atoms with Gasteiger partial charge in [0.2, 0.25) is 0 Å². The van der Waals surface area contributed by atoms with E-state index in [2.05, 4.69) is 97.4 Å². The molecule has 0 atom stereocenters. The normalized spacial score (nSPS) is 10.8. The summed E-state index contributed by atoms with van der Waals surface area (Å²) in [5.74, 6) is 1.01. The first-order valence-corrected chi connectivity index (χ1v) is 8.94. The van der Waals surface area contributed by atoms with Gasteiger partial charge in [-0.3, -0.25) is 0 Å². The second-order valence-corrected chi connectivity index (χ2v) is 6.68. The van der Waals surface area contributed by atoms with Crippen LogP contribution in [-0.4, -0.2) is 9.55 Å². The third-order valence-electron chi connectivity index (χ3n) is 4.79. The summed E-state index contributed by atoms with van der Waals surface area (Å²) < 4.78 is 2.24. The third kappa shape index (κ3) is 3.18. The van der Waals surface area contributed by atoms with Crippen LogP contribution in [0.4, 0.5) is 0 Å². The summed E-state index contributed by atoms with van der Waals surface area (Å²) in [5, 5.41) is 0. The van der Waals surface area contributed by atoms with Gasteiger partial charge in [0.15, 0.2) is 0 Å². The Bertz CT molecular complexity index is 998. The van der Waals surface area contributed by atoms with Gasteiger partial charge in [-0.1, -0.05) is 90.5 Å². The average molecular weight is 338 g/mol. The number of hydrogen-bond acceptors (Lipinski definition) is 1. The van der Waals surface area contributed by atoms with E-state index < -0.39 is 0 Å². The molecule has 1 heterocycles. The van der Waals surface area contributed by atoms with Crippen LogP contribution in [-0.2, 0) is 13.5 Å². The molecule has 3 aromatic carbocycles. The number of imidazole rings is 1. The predicted octanol–water partition coefficient (Wildman–Crippen LogP) is 5.65. The Balaban J connectivity index is 1.86. The molecule has 0 aliphatic rings. The number of hydrogen-bond donors (Lipinski definition) is 0. The third-order valence-corrected chi connectivity index (χ3v) is 4.79. The minimum absolute atomic E-state index is 0.862. The lowest BCUT2D eigenvalue weighted by atomic mass is 10.0. The highest BCUT2D eigenvalue weighted by atomic mass is 15.1. The molecule has 0 unspecified atom stereocenters. The summed E-state index contributed by atoms with van der Waals surface area (Å²) in [6.07, 6.45) is 0.862. The molecule has 128 valence electrons. The average Bonchev–Trinajstić information content (AvgIpc) is 3.01. The SMILES string of the molecule is Cc1ccc(-c2nc(-c3ccccc3)c(Cc3ccccc3)n2C)cc1. The monoisotopic (exact) mass is 338 g/mol. The highest BCUT2D eigenvalue weighted by molar-refractivity contribution is 5.68. The highest BCUT2D eigenvalue weighted by Gasteiger charge is 2.17. The van der Waals surface area contributed by atoms with Gasteiger partial charge in [-0.05, 0) is 12.5 Å². The Morgan fingerprint density at radius 2 is 1.35 bits per heavy atom. The lowest BCUT2D eigenvalue weighted by Crippen LogP contribution is -2.01. The second-order valence-electron chi connectivity index (χ2n) is 6.68. The maximum absolute atomic E-state index is 5.04. The molecule has 0 bridgehead atoms. The van der Waals surface area contributed by atoms with E-state index in [9.17, 15) is 0 Å². The lowest BCUT2D eigenvalue weighted by Gasteiger charge is -2.08. The second kappa shape index (κ2) is 7.01. The van der Waals surface area contributed by atoms with Gasteiger partial charge in [-0.15, -0.1) is 0 Å². The standard InChI is InChI=1S/C24H22N2/c1-18-13-15-21(16-14-18)24-25-23(20-11-7-4-8-12-20)22(26(24)2)17-19-9-5-3-6-10-19/h3-16H,17H2,1-2H3. The van der Waals surface area contributed by atoms with Crippen molar-refractivity contribution in [2.75, 3.05) is 0 Å². The minimum Gasteiger partial charge on any atom is -0.330 e. The topological polar surface area (TPSA) is 17.8 Å². The van der Waals surface area contributed by atoms with E-state index in [0.717, 1.165) is 29.1 Å². The first-order valence-electron chi connectivity index (χ1n) is 8.94. The smallest absolute Gasteiger partial charge is 0.140 e. The fourth-order valence-corrected chi connectivity index (χ4v) is 3.31. The van der Waals surface area contributed by atoms with Gasteiger partial charge in [-0.25, -0.2) is 4.98 Å². The Labute approximate surface area is 154 Å². The predicted molar refractivity (Wildman–Crippen MR) is 108 cm³/mol. The van der Waals surface area contributed by atoms with Crippen molar-refractivity contribution >= 4 is 0 Å². The van der Waals surface area contributed by atoms with Crippen molar-refractivity contribution in [2.45, 2.75) is 13.3 Å². The molecule has 0 aliphatic heterocycles. The van der Waals surface area contributed by atoms with E-state index >= 15 is 0 Å². The Morgan fingerprint density at radius 3 is 2.00 bits per heavy atom. The molecule has 0 saturated carbocycles. The first kappa shape index (κ1) is 16.3. The molecular weight excluding hydrogens is 316 g/mol. The summed E-state index contributed by atoms with van der Waals surface area (Å²) in [7, 11) is 2.12. The number of aryl methyl sites for hydroxylation is 1. The molecule has 2 heteroatoms. The maximum Gasteiger partial charge on any atom is 0.140 e. The molecular formula is C24H22N2. The fraction of sp³-hybridized carbons (Fsp3) is 0.125. The van der Waals surface area contributed by atoms with E-state index in [1.807, 2.05) is 6.07 Å². The molecule has 0 aliphatic carbocycles. The fourth-order valence-electron chi connectivity index (χ4n) is 3.31. The molecule has 0 fully saturated rings. The molecule has 0 amide bonds. The van der Waals surface area contributed by atoms with Gasteiger partial charge >= 0.3 is 0 Å². The number of benzene rings is 3. The zero-order chi connectivity index (χ0) is 17.9. The Hall–Kier alpha value is -3.13. The number of rotatable bonds is 4. The van der Waals surface area contributed by atoms with Gasteiger partial charge in [0.25, 0.3) is 0 Å². The van der Waals surface area contributed by atoms with Crippen LogP contribution >= 0.6 is 0 Å². The minimum atomic E-state index is 0.862. The molecule has 1 aromatic heterocycles. The molecule has 0 N–H and O–H groups in total. The zero-order valence-corrected chi connectivity index (χ0v) is 15.2. The lowest BCUT2D eigenvalue weighted by molar-refractivity contribution is 0.855. The van der Waals surface area contributed by atoms with Crippen LogP contribution < -0.4 is 0 Å². The largest absolute Gasteiger partial charge is 0.330 e. The molecule has 0 radical (unpaired) electrons. The van der Waals surface area contributed by atoms with E-state index in [-0.39, 0.29) is 0 Å². The van der Waals surface area contributed by atoms with E-state index in [4.69, 9.17) is 4.98 Å². The van der Waals surface area contributed by atoms with Crippen molar-refractivity contribution in [1.82, 2.24) is 9.55 Å². The van der Waals surface area contributed by atoms with Crippen molar-refractivity contribution in [1.29, 1.82) is 0 Å². The highest BCUT2D eigenvalue weighted by Crippen LogP contribution is 2.30. The molecule has 0 spiro atoms. The quantitative estimate of drug-likeness (QED) is 0.470. The summed E-state index contributed by atoms with van der Waals surface area (Å²) in [6, 6.07) is 29.6. The van der Waals surface area contributed by atoms with Gasteiger partial charge in [-0.2, -0.15) is 0 Å². The van der Waals surface area contributed by atoms with Crippen molar-refractivity contribution in [3.63, 3.8) is 0 Å². The van der Waals surface area contributed by atoms with E-state index in [1.165, 1.54) is 16.8 Å². The van der Waals surface area contributed by atoms with Gasteiger partial charge in [0, 0.05) is 30.3 Å². The molecule has 2 nitrogen and oxygen atoms in total. The molecule has 4 rings (SSSR count). The van der Waals surface area contributed by atoms with Crippen LogP contribution in [0.15, 0.2) is 84.9 Å². The van der Waals surface area contributed by atoms with Crippen LogP contribution in [0.5, 0.6) is 0 Å². The first-order chi connectivity index (χ1) is 12.7. The number of aromatic nitrogens is 2. The number of nitrogens with zero attached hydrogens (tertiary/aromatic N) is 2. The van der Waals surface area contributed by atoms with E-state index in [0.29, 0.717) is 0 Å². The van der Waals surface area contributed by atoms with E-state index in [1.54, 1.807) is 0 Å². The van der Waals surface area contributed by atoms with Gasteiger partial charge in [0.05, 0.1) is 5.69 Å². The summed E-state index contributed by atoms with van der Waals surface area (Å²) in [4.78, 5) is 5.04. The molecule has 26 heavy (non-hydrogen) atoms. The Kier molecular flexibility index (Phi) is 4.40. The van der Waals surface area contributed by atoms with Crippen LogP contribution in [0.3, 0.4) is 0 Å². The van der Waals surface area contributed by atoms with Crippen molar-refractivity contribution in [3.8, 4) is 22.6 Å².